The van der Waals surface area contributed by atoms with Crippen molar-refractivity contribution in [3.8, 4) is 0 Å². The van der Waals surface area contributed by atoms with Gasteiger partial charge in [0.05, 0.1) is 0 Å². The van der Waals surface area contributed by atoms with E-state index < -0.39 is 18.2 Å². The zero-order chi connectivity index (χ0) is 18.4. The number of anilines is 1. The third-order valence-electron chi connectivity index (χ3n) is 3.26. The predicted molar refractivity (Wildman–Crippen MR) is 94.1 cm³/mol. The highest BCUT2D eigenvalue weighted by molar-refractivity contribution is 6.35. The molecule has 0 aliphatic heterocycles. The topological polar surface area (TPSA) is 95.9 Å². The highest BCUT2D eigenvalue weighted by Crippen LogP contribution is 2.22. The summed E-state index contributed by atoms with van der Waals surface area (Å²) in [5.41, 5.74) is 1.59. The monoisotopic (exact) mass is 383 g/mol. The van der Waals surface area contributed by atoms with Gasteiger partial charge < -0.3 is 14.9 Å². The van der Waals surface area contributed by atoms with Gasteiger partial charge in [-0.1, -0.05) is 41.4 Å². The van der Waals surface area contributed by atoms with Crippen molar-refractivity contribution in [2.24, 2.45) is 0 Å². The zero-order valence-electron chi connectivity index (χ0n) is 12.9. The molecule has 0 spiro atoms. The van der Waals surface area contributed by atoms with E-state index in [9.17, 15) is 14.7 Å². The summed E-state index contributed by atoms with van der Waals surface area (Å²) in [5.74, 6) is -1.31. The first-order valence-electron chi connectivity index (χ1n) is 7.22. The molecule has 25 heavy (non-hydrogen) atoms. The third kappa shape index (κ3) is 5.94. The van der Waals surface area contributed by atoms with Crippen LogP contribution in [0.5, 0.6) is 0 Å². The number of aliphatic hydroxyl groups excluding tert-OH is 1. The van der Waals surface area contributed by atoms with E-state index in [0.717, 1.165) is 0 Å². The molecule has 0 aliphatic carbocycles. The number of carboxylic acid groups (broad SMARTS) is 1. The molecule has 0 bridgehead atoms. The average Bonchev–Trinajstić information content (AvgIpc) is 2.54. The molecule has 0 aromatic heterocycles. The van der Waals surface area contributed by atoms with E-state index in [-0.39, 0.29) is 13.0 Å². The van der Waals surface area contributed by atoms with E-state index in [2.05, 4.69) is 5.32 Å². The van der Waals surface area contributed by atoms with Crippen LogP contribution in [0.25, 0.3) is 0 Å². The second-order valence-electron chi connectivity index (χ2n) is 5.20. The molecule has 0 aliphatic rings. The molecule has 0 heterocycles. The summed E-state index contributed by atoms with van der Waals surface area (Å²) >= 11 is 11.8. The lowest BCUT2D eigenvalue weighted by Crippen LogP contribution is -2.22. The van der Waals surface area contributed by atoms with Crippen molar-refractivity contribution in [3.05, 3.63) is 63.6 Å². The van der Waals surface area contributed by atoms with Crippen molar-refractivity contribution >= 4 is 41.0 Å². The molecule has 2 aromatic rings. The average molecular weight is 384 g/mol. The Morgan fingerprint density at radius 1 is 1.16 bits per heavy atom. The molecule has 2 rings (SSSR count). The van der Waals surface area contributed by atoms with E-state index in [1.165, 1.54) is 0 Å². The van der Waals surface area contributed by atoms with Crippen molar-refractivity contribution in [1.29, 1.82) is 0 Å². The number of hydrogen-bond acceptors (Lipinski definition) is 4. The minimum atomic E-state index is -1.51. The Morgan fingerprint density at radius 2 is 1.92 bits per heavy atom. The van der Waals surface area contributed by atoms with Crippen molar-refractivity contribution in [3.63, 3.8) is 0 Å². The second-order valence-corrected chi connectivity index (χ2v) is 6.04. The number of benzene rings is 2. The van der Waals surface area contributed by atoms with Crippen LogP contribution in [0.2, 0.25) is 10.0 Å². The lowest BCUT2D eigenvalue weighted by Gasteiger charge is -2.10. The standard InChI is InChI=1S/C17H15Cl2NO5/c18-12-5-4-11(14(19)8-12)9-25-17(24)20-13-3-1-2-10(6-13)7-15(21)16(22)23/h1-6,8,15,21H,7,9H2,(H,20,24)(H,22,23). The SMILES string of the molecule is O=C(Nc1cccc(CC(O)C(=O)O)c1)OCc1ccc(Cl)cc1Cl. The Kier molecular flexibility index (Phi) is 6.64. The summed E-state index contributed by atoms with van der Waals surface area (Å²) in [6.45, 7) is -0.0285. The van der Waals surface area contributed by atoms with Crippen LogP contribution < -0.4 is 5.32 Å². The largest absolute Gasteiger partial charge is 0.479 e. The maximum Gasteiger partial charge on any atom is 0.411 e. The van der Waals surface area contributed by atoms with Gasteiger partial charge in [-0.15, -0.1) is 0 Å². The Bertz CT molecular complexity index is 781. The van der Waals surface area contributed by atoms with Gasteiger partial charge >= 0.3 is 12.1 Å². The first-order chi connectivity index (χ1) is 11.8. The van der Waals surface area contributed by atoms with Gasteiger partial charge in [-0.25, -0.2) is 9.59 Å². The summed E-state index contributed by atoms with van der Waals surface area (Å²) in [6.07, 6.45) is -2.27. The number of hydrogen-bond donors (Lipinski definition) is 3. The number of carbonyl (C=O) groups excluding carboxylic acids is 1. The van der Waals surface area contributed by atoms with Crippen LogP contribution >= 0.6 is 23.2 Å². The van der Waals surface area contributed by atoms with Crippen molar-refractivity contribution in [1.82, 2.24) is 0 Å². The molecule has 0 radical (unpaired) electrons. The molecular formula is C17H15Cl2NO5. The summed E-state index contributed by atoms with van der Waals surface area (Å²) in [7, 11) is 0. The molecule has 0 saturated heterocycles. The zero-order valence-corrected chi connectivity index (χ0v) is 14.4. The second kappa shape index (κ2) is 8.71. The number of carbonyl (C=O) groups is 2. The fourth-order valence-corrected chi connectivity index (χ4v) is 2.49. The van der Waals surface area contributed by atoms with Gasteiger partial charge in [0, 0.05) is 27.7 Å². The van der Waals surface area contributed by atoms with Crippen molar-refractivity contribution in [2.45, 2.75) is 19.1 Å². The Hall–Kier alpha value is -2.28. The molecular weight excluding hydrogens is 369 g/mol. The molecule has 1 amide bonds. The molecule has 8 heteroatoms. The van der Waals surface area contributed by atoms with Crippen LogP contribution in [0.4, 0.5) is 10.5 Å². The highest BCUT2D eigenvalue weighted by atomic mass is 35.5. The summed E-state index contributed by atoms with van der Waals surface area (Å²) in [6, 6.07) is 11.3. The first kappa shape index (κ1) is 19.1. The maximum absolute atomic E-state index is 11.9. The molecule has 1 atom stereocenters. The van der Waals surface area contributed by atoms with Gasteiger partial charge in [-0.3, -0.25) is 5.32 Å². The molecule has 6 nitrogen and oxygen atoms in total. The number of halogens is 2. The Morgan fingerprint density at radius 3 is 2.60 bits per heavy atom. The summed E-state index contributed by atoms with van der Waals surface area (Å²) in [5, 5.41) is 21.5. The fraction of sp³-hybridized carbons (Fsp3) is 0.176. The van der Waals surface area contributed by atoms with Crippen molar-refractivity contribution < 1.29 is 24.5 Å². The van der Waals surface area contributed by atoms with Crippen LogP contribution in [0, 0.1) is 0 Å². The van der Waals surface area contributed by atoms with Gasteiger partial charge in [-0.2, -0.15) is 0 Å². The predicted octanol–water partition coefficient (Wildman–Crippen LogP) is 3.73. The van der Waals surface area contributed by atoms with Gasteiger partial charge in [0.1, 0.15) is 6.61 Å². The number of amides is 1. The Labute approximate surface area is 153 Å². The molecule has 2 aromatic carbocycles. The van der Waals surface area contributed by atoms with E-state index in [0.29, 0.717) is 26.9 Å². The van der Waals surface area contributed by atoms with Gasteiger partial charge in [0.2, 0.25) is 0 Å². The normalized spacial score (nSPS) is 11.6. The van der Waals surface area contributed by atoms with E-state index in [1.807, 2.05) is 0 Å². The number of carboxylic acids is 1. The number of nitrogens with one attached hydrogen (secondary N) is 1. The van der Waals surface area contributed by atoms with Crippen LogP contribution in [0.15, 0.2) is 42.5 Å². The minimum Gasteiger partial charge on any atom is -0.479 e. The lowest BCUT2D eigenvalue weighted by molar-refractivity contribution is -0.146. The Balaban J connectivity index is 1.93. The number of rotatable bonds is 6. The van der Waals surface area contributed by atoms with Gasteiger partial charge in [0.15, 0.2) is 6.10 Å². The van der Waals surface area contributed by atoms with E-state index in [1.54, 1.807) is 42.5 Å². The third-order valence-corrected chi connectivity index (χ3v) is 3.85. The number of aliphatic hydroxyl groups is 1. The summed E-state index contributed by atoms with van der Waals surface area (Å²) < 4.78 is 5.09. The molecule has 132 valence electrons. The van der Waals surface area contributed by atoms with Gasteiger partial charge in [-0.05, 0) is 29.8 Å². The van der Waals surface area contributed by atoms with Crippen molar-refractivity contribution in [2.75, 3.05) is 5.32 Å². The molecule has 3 N–H and O–H groups in total. The van der Waals surface area contributed by atoms with Crippen LogP contribution in [-0.4, -0.2) is 28.4 Å². The number of ether oxygens (including phenoxy) is 1. The lowest BCUT2D eigenvalue weighted by atomic mass is 10.1. The highest BCUT2D eigenvalue weighted by Gasteiger charge is 2.14. The van der Waals surface area contributed by atoms with Crippen LogP contribution in [0.3, 0.4) is 0 Å². The molecule has 1 unspecified atom stereocenters. The van der Waals surface area contributed by atoms with Gasteiger partial charge in [0.25, 0.3) is 0 Å². The smallest absolute Gasteiger partial charge is 0.411 e. The van der Waals surface area contributed by atoms with Crippen LogP contribution in [-0.2, 0) is 22.6 Å². The summed E-state index contributed by atoms with van der Waals surface area (Å²) in [4.78, 5) is 22.5. The van der Waals surface area contributed by atoms with Crippen LogP contribution in [0.1, 0.15) is 11.1 Å². The van der Waals surface area contributed by atoms with E-state index >= 15 is 0 Å². The minimum absolute atomic E-state index is 0.0285. The maximum atomic E-state index is 11.9. The first-order valence-corrected chi connectivity index (χ1v) is 7.98. The quantitative estimate of drug-likeness (QED) is 0.705. The fourth-order valence-electron chi connectivity index (χ4n) is 2.02. The number of aliphatic carboxylic acids is 1. The molecule has 0 saturated carbocycles. The van der Waals surface area contributed by atoms with E-state index in [4.69, 9.17) is 33.0 Å². The molecule has 0 fully saturated rings.